The summed E-state index contributed by atoms with van der Waals surface area (Å²) in [5.74, 6) is -0.365. The highest BCUT2D eigenvalue weighted by Crippen LogP contribution is 2.37. The van der Waals surface area contributed by atoms with E-state index < -0.39 is 5.54 Å². The van der Waals surface area contributed by atoms with E-state index >= 15 is 0 Å². The molecular weight excluding hydrogens is 156 g/mol. The van der Waals surface area contributed by atoms with Crippen molar-refractivity contribution in [1.29, 1.82) is 0 Å². The predicted molar refractivity (Wildman–Crippen MR) is 45.3 cm³/mol. The van der Waals surface area contributed by atoms with Gasteiger partial charge in [-0.3, -0.25) is 4.79 Å². The normalized spacial score (nSPS) is 33.6. The van der Waals surface area contributed by atoms with Crippen LogP contribution in [0, 0.1) is 5.41 Å². The van der Waals surface area contributed by atoms with Crippen LogP contribution in [0.1, 0.15) is 20.3 Å². The first-order valence-corrected chi connectivity index (χ1v) is 4.02. The summed E-state index contributed by atoms with van der Waals surface area (Å²) < 4.78 is 5.24. The van der Waals surface area contributed by atoms with E-state index in [4.69, 9.17) is 16.2 Å². The van der Waals surface area contributed by atoms with Crippen LogP contribution in [0.25, 0.3) is 0 Å². The van der Waals surface area contributed by atoms with Crippen LogP contribution in [0.4, 0.5) is 0 Å². The van der Waals surface area contributed by atoms with Crippen LogP contribution >= 0.6 is 0 Å². The summed E-state index contributed by atoms with van der Waals surface area (Å²) in [5, 5.41) is 0. The van der Waals surface area contributed by atoms with Crippen LogP contribution in [-0.4, -0.2) is 24.7 Å². The third-order valence-corrected chi connectivity index (χ3v) is 2.66. The molecule has 0 bridgehead atoms. The third kappa shape index (κ3) is 1.44. The molecule has 12 heavy (non-hydrogen) atoms. The highest BCUT2D eigenvalue weighted by molar-refractivity contribution is 5.75. The lowest BCUT2D eigenvalue weighted by Crippen LogP contribution is -2.54. The molecule has 0 aliphatic carbocycles. The smallest absolute Gasteiger partial charge is 0.219 e. The highest BCUT2D eigenvalue weighted by Gasteiger charge is 2.47. The molecule has 1 atom stereocenters. The van der Waals surface area contributed by atoms with Crippen LogP contribution in [-0.2, 0) is 9.53 Å². The third-order valence-electron chi connectivity index (χ3n) is 2.66. The minimum atomic E-state index is -0.584. The molecule has 70 valence electrons. The maximum Gasteiger partial charge on any atom is 0.219 e. The van der Waals surface area contributed by atoms with Gasteiger partial charge in [0.2, 0.25) is 5.91 Å². The van der Waals surface area contributed by atoms with E-state index in [1.165, 1.54) is 0 Å². The lowest BCUT2D eigenvalue weighted by molar-refractivity contribution is -0.119. The predicted octanol–water partition coefficient (Wildman–Crippen LogP) is -0.384. The SMILES string of the molecule is CC1(C)COCC1(N)CC(N)=O. The number of hydrogen-bond acceptors (Lipinski definition) is 3. The summed E-state index contributed by atoms with van der Waals surface area (Å²) in [4.78, 5) is 10.7. The number of primary amides is 1. The van der Waals surface area contributed by atoms with Crippen LogP contribution in [0.15, 0.2) is 0 Å². The molecule has 0 radical (unpaired) electrons. The molecule has 1 aliphatic rings. The molecule has 0 spiro atoms. The lowest BCUT2D eigenvalue weighted by Gasteiger charge is -2.34. The van der Waals surface area contributed by atoms with Crippen molar-refractivity contribution in [3.8, 4) is 0 Å². The van der Waals surface area contributed by atoms with E-state index in [-0.39, 0.29) is 17.7 Å². The van der Waals surface area contributed by atoms with Gasteiger partial charge in [0.05, 0.1) is 18.8 Å². The van der Waals surface area contributed by atoms with E-state index in [2.05, 4.69) is 0 Å². The summed E-state index contributed by atoms with van der Waals surface area (Å²) in [6.45, 7) is 4.99. The molecule has 0 aromatic rings. The Bertz CT molecular complexity index is 203. The summed E-state index contributed by atoms with van der Waals surface area (Å²) in [7, 11) is 0. The van der Waals surface area contributed by atoms with Crippen LogP contribution in [0.3, 0.4) is 0 Å². The van der Waals surface area contributed by atoms with Crippen molar-refractivity contribution in [2.24, 2.45) is 16.9 Å². The number of ether oxygens (including phenoxy) is 1. The summed E-state index contributed by atoms with van der Waals surface area (Å²) in [6.07, 6.45) is 0.194. The zero-order valence-corrected chi connectivity index (χ0v) is 7.59. The van der Waals surface area contributed by atoms with Crippen LogP contribution < -0.4 is 11.5 Å². The van der Waals surface area contributed by atoms with Crippen molar-refractivity contribution in [2.45, 2.75) is 25.8 Å². The van der Waals surface area contributed by atoms with Gasteiger partial charge >= 0.3 is 0 Å². The fourth-order valence-electron chi connectivity index (χ4n) is 1.43. The largest absolute Gasteiger partial charge is 0.379 e. The first kappa shape index (κ1) is 9.48. The Labute approximate surface area is 72.2 Å². The average molecular weight is 172 g/mol. The Balaban J connectivity index is 2.75. The van der Waals surface area contributed by atoms with Gasteiger partial charge in [-0.05, 0) is 0 Å². The molecule has 1 amide bonds. The zero-order valence-electron chi connectivity index (χ0n) is 7.59. The Hall–Kier alpha value is -0.610. The maximum absolute atomic E-state index is 10.7. The molecule has 0 aromatic heterocycles. The Kier molecular flexibility index (Phi) is 2.14. The Morgan fingerprint density at radius 1 is 1.50 bits per heavy atom. The van der Waals surface area contributed by atoms with E-state index in [1.807, 2.05) is 13.8 Å². The monoisotopic (exact) mass is 172 g/mol. The van der Waals surface area contributed by atoms with Gasteiger partial charge in [0.15, 0.2) is 0 Å². The lowest BCUT2D eigenvalue weighted by atomic mass is 9.73. The Morgan fingerprint density at radius 3 is 2.42 bits per heavy atom. The number of carbonyl (C=O) groups is 1. The number of hydrogen-bond donors (Lipinski definition) is 2. The second-order valence-corrected chi connectivity index (χ2v) is 4.18. The fraction of sp³-hybridized carbons (Fsp3) is 0.875. The number of nitrogens with two attached hydrogens (primary N) is 2. The van der Waals surface area contributed by atoms with Crippen molar-refractivity contribution in [3.63, 3.8) is 0 Å². The van der Waals surface area contributed by atoms with Crippen LogP contribution in [0.2, 0.25) is 0 Å². The summed E-state index contributed by atoms with van der Waals surface area (Å²) >= 11 is 0. The molecule has 4 N–H and O–H groups in total. The van der Waals surface area contributed by atoms with Crippen molar-refractivity contribution >= 4 is 5.91 Å². The number of rotatable bonds is 2. The van der Waals surface area contributed by atoms with Gasteiger partial charge in [0.1, 0.15) is 0 Å². The maximum atomic E-state index is 10.7. The van der Waals surface area contributed by atoms with E-state index in [1.54, 1.807) is 0 Å². The van der Waals surface area contributed by atoms with Crippen molar-refractivity contribution < 1.29 is 9.53 Å². The molecule has 1 fully saturated rings. The second-order valence-electron chi connectivity index (χ2n) is 4.18. The quantitative estimate of drug-likeness (QED) is 0.595. The molecular formula is C8H16N2O2. The second kappa shape index (κ2) is 2.71. The van der Waals surface area contributed by atoms with E-state index in [0.717, 1.165) is 0 Å². The van der Waals surface area contributed by atoms with Crippen molar-refractivity contribution in [1.82, 2.24) is 0 Å². The van der Waals surface area contributed by atoms with Gasteiger partial charge in [-0.1, -0.05) is 13.8 Å². The minimum absolute atomic E-state index is 0.165. The highest BCUT2D eigenvalue weighted by atomic mass is 16.5. The Morgan fingerprint density at radius 2 is 2.08 bits per heavy atom. The standard InChI is InChI=1S/C8H16N2O2/c1-7(2)4-12-5-8(7,10)3-6(9)11/h3-5,10H2,1-2H3,(H2,9,11). The molecule has 1 rings (SSSR count). The fourth-order valence-corrected chi connectivity index (χ4v) is 1.43. The number of carbonyl (C=O) groups excluding carboxylic acids is 1. The van der Waals surface area contributed by atoms with Crippen LogP contribution in [0.5, 0.6) is 0 Å². The molecule has 4 nitrogen and oxygen atoms in total. The zero-order chi connectivity index (χ0) is 9.41. The molecule has 0 aromatic carbocycles. The van der Waals surface area contributed by atoms with E-state index in [0.29, 0.717) is 13.2 Å². The molecule has 1 unspecified atom stereocenters. The molecule has 1 aliphatic heterocycles. The van der Waals surface area contributed by atoms with Crippen molar-refractivity contribution in [2.75, 3.05) is 13.2 Å². The van der Waals surface area contributed by atoms with Gasteiger partial charge in [-0.2, -0.15) is 0 Å². The van der Waals surface area contributed by atoms with E-state index in [9.17, 15) is 4.79 Å². The van der Waals surface area contributed by atoms with Gasteiger partial charge in [-0.25, -0.2) is 0 Å². The summed E-state index contributed by atoms with van der Waals surface area (Å²) in [5.41, 5.74) is 10.4. The van der Waals surface area contributed by atoms with Gasteiger partial charge < -0.3 is 16.2 Å². The average Bonchev–Trinajstić information content (AvgIpc) is 2.05. The molecule has 1 heterocycles. The summed E-state index contributed by atoms with van der Waals surface area (Å²) in [6, 6.07) is 0. The first-order valence-electron chi connectivity index (χ1n) is 4.02. The number of amides is 1. The molecule has 4 heteroatoms. The van der Waals surface area contributed by atoms with Gasteiger partial charge in [-0.15, -0.1) is 0 Å². The van der Waals surface area contributed by atoms with Gasteiger partial charge in [0, 0.05) is 11.8 Å². The van der Waals surface area contributed by atoms with Crippen molar-refractivity contribution in [3.05, 3.63) is 0 Å². The minimum Gasteiger partial charge on any atom is -0.379 e. The topological polar surface area (TPSA) is 78.3 Å². The van der Waals surface area contributed by atoms with Gasteiger partial charge in [0.25, 0.3) is 0 Å². The molecule has 0 saturated carbocycles. The first-order chi connectivity index (χ1) is 5.37. The molecule has 1 saturated heterocycles.